The van der Waals surface area contributed by atoms with Crippen LogP contribution >= 0.6 is 0 Å². The van der Waals surface area contributed by atoms with Gasteiger partial charge in [-0.15, -0.1) is 0 Å². The van der Waals surface area contributed by atoms with Gasteiger partial charge in [0.25, 0.3) is 0 Å². The number of carbonyl (C=O) groups is 2. The van der Waals surface area contributed by atoms with Crippen molar-refractivity contribution in [1.82, 2.24) is 9.80 Å². The Morgan fingerprint density at radius 2 is 1.78 bits per heavy atom. The molecular formula is C30H40N2O9. The van der Waals surface area contributed by atoms with E-state index in [1.807, 2.05) is 17.0 Å². The molecule has 1 saturated heterocycles. The van der Waals surface area contributed by atoms with Gasteiger partial charge in [-0.3, -0.25) is 14.5 Å². The van der Waals surface area contributed by atoms with E-state index in [0.717, 1.165) is 18.4 Å². The van der Waals surface area contributed by atoms with Crippen molar-refractivity contribution in [3.8, 4) is 28.7 Å². The maximum atomic E-state index is 13.5. The number of hydrogen-bond donors (Lipinski definition) is 2. The van der Waals surface area contributed by atoms with Gasteiger partial charge in [-0.25, -0.2) is 0 Å². The van der Waals surface area contributed by atoms with E-state index in [1.165, 1.54) is 7.11 Å². The molecule has 0 bridgehead atoms. The molecule has 224 valence electrons. The Kier molecular flexibility index (Phi) is 10.5. The third-order valence-electron chi connectivity index (χ3n) is 7.68. The number of rotatable bonds is 15. The zero-order valence-corrected chi connectivity index (χ0v) is 23.9. The van der Waals surface area contributed by atoms with E-state index < -0.39 is 23.8 Å². The summed E-state index contributed by atoms with van der Waals surface area (Å²) in [4.78, 5) is 30.0. The lowest BCUT2D eigenvalue weighted by atomic mass is 9.85. The van der Waals surface area contributed by atoms with Crippen molar-refractivity contribution in [2.24, 2.45) is 5.92 Å². The smallest absolute Gasteiger partial charge is 0.308 e. The molecule has 41 heavy (non-hydrogen) atoms. The number of carboxylic acid groups (broad SMARTS) is 1. The summed E-state index contributed by atoms with van der Waals surface area (Å²) in [6.45, 7) is 3.50. The van der Waals surface area contributed by atoms with Crippen LogP contribution in [0.2, 0.25) is 0 Å². The average Bonchev–Trinajstić information content (AvgIpc) is 3.60. The predicted octanol–water partition coefficient (Wildman–Crippen LogP) is 2.99. The first-order valence-corrected chi connectivity index (χ1v) is 14.0. The van der Waals surface area contributed by atoms with Crippen LogP contribution in [0, 0.1) is 5.92 Å². The van der Waals surface area contributed by atoms with Crippen LogP contribution in [-0.2, 0) is 9.59 Å². The van der Waals surface area contributed by atoms with E-state index in [2.05, 4.69) is 6.92 Å². The number of unbranched alkanes of at least 4 members (excludes halogenated alkanes) is 1. The SMILES string of the molecule is CCCCN(CCCO)C(=O)CN1C[C@H](c2cc(OC)c3c(c2)OCO3)[C@@H](C(=O)O)[C@@H]1COc1ccccc1OC. The number of amides is 1. The summed E-state index contributed by atoms with van der Waals surface area (Å²) in [5, 5.41) is 19.9. The summed E-state index contributed by atoms with van der Waals surface area (Å²) in [7, 11) is 3.07. The number of carboxylic acids is 1. The molecule has 1 fully saturated rings. The minimum absolute atomic E-state index is 0.00982. The van der Waals surface area contributed by atoms with Gasteiger partial charge in [0.1, 0.15) is 6.61 Å². The second-order valence-corrected chi connectivity index (χ2v) is 10.2. The first-order valence-electron chi connectivity index (χ1n) is 14.0. The van der Waals surface area contributed by atoms with Crippen molar-refractivity contribution in [3.05, 3.63) is 42.0 Å². The Bertz CT molecular complexity index is 1180. The average molecular weight is 573 g/mol. The van der Waals surface area contributed by atoms with Gasteiger partial charge in [0.2, 0.25) is 18.4 Å². The number of benzene rings is 2. The van der Waals surface area contributed by atoms with Gasteiger partial charge < -0.3 is 38.8 Å². The van der Waals surface area contributed by atoms with Gasteiger partial charge in [0.05, 0.1) is 32.7 Å². The van der Waals surface area contributed by atoms with Crippen LogP contribution in [0.4, 0.5) is 0 Å². The fourth-order valence-electron chi connectivity index (χ4n) is 5.56. The van der Waals surface area contributed by atoms with Crippen molar-refractivity contribution in [1.29, 1.82) is 0 Å². The number of carbonyl (C=O) groups excluding carboxylic acids is 1. The molecule has 0 aromatic heterocycles. The van der Waals surface area contributed by atoms with Gasteiger partial charge >= 0.3 is 5.97 Å². The second kappa shape index (κ2) is 14.3. The number of para-hydroxylation sites is 2. The van der Waals surface area contributed by atoms with E-state index in [1.54, 1.807) is 36.3 Å². The zero-order valence-electron chi connectivity index (χ0n) is 23.9. The topological polar surface area (TPSA) is 127 Å². The van der Waals surface area contributed by atoms with Crippen molar-refractivity contribution < 1.29 is 43.5 Å². The zero-order chi connectivity index (χ0) is 29.4. The summed E-state index contributed by atoms with van der Waals surface area (Å²) in [5.74, 6) is 0.0126. The molecular weight excluding hydrogens is 532 g/mol. The van der Waals surface area contributed by atoms with E-state index in [-0.39, 0.29) is 32.5 Å². The van der Waals surface area contributed by atoms with Crippen molar-refractivity contribution in [2.75, 3.05) is 60.4 Å². The molecule has 0 saturated carbocycles. The minimum atomic E-state index is -0.988. The van der Waals surface area contributed by atoms with Gasteiger partial charge in [-0.1, -0.05) is 25.5 Å². The third-order valence-corrected chi connectivity index (χ3v) is 7.68. The van der Waals surface area contributed by atoms with Gasteiger partial charge in [-0.05, 0) is 42.7 Å². The minimum Gasteiger partial charge on any atom is -0.493 e. The molecule has 1 amide bonds. The van der Waals surface area contributed by atoms with E-state index >= 15 is 0 Å². The number of aliphatic hydroxyl groups is 1. The van der Waals surface area contributed by atoms with Crippen LogP contribution in [0.3, 0.4) is 0 Å². The molecule has 2 aromatic rings. The van der Waals surface area contributed by atoms with E-state index in [0.29, 0.717) is 54.8 Å². The number of ether oxygens (including phenoxy) is 5. The lowest BCUT2D eigenvalue weighted by Crippen LogP contribution is -2.46. The summed E-state index contributed by atoms with van der Waals surface area (Å²) >= 11 is 0. The summed E-state index contributed by atoms with van der Waals surface area (Å²) < 4.78 is 28.2. The van der Waals surface area contributed by atoms with E-state index in [9.17, 15) is 19.8 Å². The normalized spacial score (nSPS) is 19.7. The Balaban J connectivity index is 1.66. The molecule has 2 aromatic carbocycles. The lowest BCUT2D eigenvalue weighted by molar-refractivity contribution is -0.144. The quantitative estimate of drug-likeness (QED) is 0.329. The van der Waals surface area contributed by atoms with Crippen molar-refractivity contribution in [3.63, 3.8) is 0 Å². The summed E-state index contributed by atoms with van der Waals surface area (Å²) in [6.07, 6.45) is 2.25. The number of aliphatic carboxylic acids is 1. The number of likely N-dealkylation sites (tertiary alicyclic amines) is 1. The van der Waals surface area contributed by atoms with E-state index in [4.69, 9.17) is 23.7 Å². The summed E-state index contributed by atoms with van der Waals surface area (Å²) in [6, 6.07) is 10.1. The number of hydrogen-bond acceptors (Lipinski definition) is 9. The monoisotopic (exact) mass is 572 g/mol. The molecule has 0 unspecified atom stereocenters. The molecule has 3 atom stereocenters. The molecule has 2 heterocycles. The molecule has 11 heteroatoms. The fraction of sp³-hybridized carbons (Fsp3) is 0.533. The molecule has 2 aliphatic heterocycles. The largest absolute Gasteiger partial charge is 0.493 e. The van der Waals surface area contributed by atoms with Gasteiger partial charge in [0, 0.05) is 32.2 Å². The molecule has 0 radical (unpaired) electrons. The lowest BCUT2D eigenvalue weighted by Gasteiger charge is -2.29. The van der Waals surface area contributed by atoms with Crippen LogP contribution in [0.25, 0.3) is 0 Å². The predicted molar refractivity (Wildman–Crippen MR) is 150 cm³/mol. The molecule has 2 N–H and O–H groups in total. The van der Waals surface area contributed by atoms with Crippen LogP contribution in [0.15, 0.2) is 36.4 Å². The highest BCUT2D eigenvalue weighted by Crippen LogP contribution is 2.47. The van der Waals surface area contributed by atoms with Crippen molar-refractivity contribution >= 4 is 11.9 Å². The van der Waals surface area contributed by atoms with Gasteiger partial charge in [-0.2, -0.15) is 0 Å². The highest BCUT2D eigenvalue weighted by Gasteiger charge is 2.48. The van der Waals surface area contributed by atoms with Crippen LogP contribution in [0.1, 0.15) is 37.7 Å². The number of methoxy groups -OCH3 is 2. The molecule has 11 nitrogen and oxygen atoms in total. The Hall–Kier alpha value is -3.70. The highest BCUT2D eigenvalue weighted by atomic mass is 16.7. The maximum Gasteiger partial charge on any atom is 0.308 e. The standard InChI is InChI=1S/C30H40N2O9/c1-4-5-11-31(12-8-13-33)27(34)17-32-16-21(20-14-25(38-3)29-26(15-20)40-19-41-29)28(30(35)36)22(32)18-39-24-10-7-6-9-23(24)37-2/h6-7,9-10,14-15,21-22,28,33H,4-5,8,11-13,16-19H2,1-3H3,(H,35,36)/t21-,22+,28-/m1/s1. The first-order chi connectivity index (χ1) is 19.9. The third kappa shape index (κ3) is 6.97. The Labute approximate surface area is 240 Å². The van der Waals surface area contributed by atoms with Crippen LogP contribution < -0.4 is 23.7 Å². The van der Waals surface area contributed by atoms with Gasteiger partial charge in [0.15, 0.2) is 23.0 Å². The number of fused-ring (bicyclic) bond motifs is 1. The number of aliphatic hydroxyl groups excluding tert-OH is 1. The first kappa shape index (κ1) is 30.3. The molecule has 2 aliphatic rings. The molecule has 4 rings (SSSR count). The van der Waals surface area contributed by atoms with Crippen LogP contribution in [0.5, 0.6) is 28.7 Å². The Morgan fingerprint density at radius 3 is 2.46 bits per heavy atom. The number of nitrogens with zero attached hydrogens (tertiary/aromatic N) is 2. The maximum absolute atomic E-state index is 13.5. The van der Waals surface area contributed by atoms with Crippen molar-refractivity contribution in [2.45, 2.75) is 38.1 Å². The summed E-state index contributed by atoms with van der Waals surface area (Å²) in [5.41, 5.74) is 0.721. The highest BCUT2D eigenvalue weighted by molar-refractivity contribution is 5.79. The molecule has 0 spiro atoms. The second-order valence-electron chi connectivity index (χ2n) is 10.2. The fourth-order valence-corrected chi connectivity index (χ4v) is 5.56. The van der Waals surface area contributed by atoms with Crippen LogP contribution in [-0.4, -0.2) is 98.3 Å². The Morgan fingerprint density at radius 1 is 1.05 bits per heavy atom. The molecule has 0 aliphatic carbocycles.